The number of amides is 1. The Kier molecular flexibility index (Phi) is 4.52. The molecule has 1 N–H and O–H groups in total. The molecular formula is C14H18Cl2N4O. The summed E-state index contributed by atoms with van der Waals surface area (Å²) < 4.78 is 0. The lowest BCUT2D eigenvalue weighted by Gasteiger charge is -2.36. The first-order valence-electron chi connectivity index (χ1n) is 7.23. The fourth-order valence-corrected chi connectivity index (χ4v) is 3.39. The second-order valence-corrected chi connectivity index (χ2v) is 6.26. The zero-order valence-corrected chi connectivity index (χ0v) is 13.2. The average Bonchev–Trinajstić information content (AvgIpc) is 3.01. The molecule has 0 radical (unpaired) electrons. The van der Waals surface area contributed by atoms with E-state index in [-0.39, 0.29) is 11.9 Å². The zero-order valence-electron chi connectivity index (χ0n) is 11.7. The molecular weight excluding hydrogens is 311 g/mol. The minimum absolute atomic E-state index is 0.00814. The summed E-state index contributed by atoms with van der Waals surface area (Å²) in [6, 6.07) is 1.71. The highest BCUT2D eigenvalue weighted by molar-refractivity contribution is 6.36. The van der Waals surface area contributed by atoms with Crippen LogP contribution in [0.2, 0.25) is 10.0 Å². The van der Waals surface area contributed by atoms with Crippen molar-refractivity contribution in [1.29, 1.82) is 0 Å². The van der Waals surface area contributed by atoms with E-state index in [1.807, 2.05) is 4.90 Å². The molecule has 21 heavy (non-hydrogen) atoms. The topological polar surface area (TPSA) is 48.5 Å². The van der Waals surface area contributed by atoms with Gasteiger partial charge in [-0.25, -0.2) is 4.98 Å². The molecule has 0 bridgehead atoms. The van der Waals surface area contributed by atoms with E-state index >= 15 is 0 Å². The van der Waals surface area contributed by atoms with Crippen molar-refractivity contribution < 1.29 is 4.79 Å². The summed E-state index contributed by atoms with van der Waals surface area (Å²) in [5.41, 5.74) is 0. The van der Waals surface area contributed by atoms with Crippen LogP contribution in [-0.2, 0) is 4.79 Å². The second-order valence-electron chi connectivity index (χ2n) is 5.42. The van der Waals surface area contributed by atoms with Crippen LogP contribution in [0, 0.1) is 0 Å². The highest BCUT2D eigenvalue weighted by Gasteiger charge is 2.29. The number of carbonyl (C=O) groups excluding carboxylic acids is 1. The van der Waals surface area contributed by atoms with Crippen molar-refractivity contribution in [2.75, 3.05) is 37.6 Å². The summed E-state index contributed by atoms with van der Waals surface area (Å²) >= 11 is 12.1. The maximum absolute atomic E-state index is 12.3. The number of rotatable bonds is 2. The van der Waals surface area contributed by atoms with Crippen LogP contribution in [0.4, 0.5) is 5.82 Å². The quantitative estimate of drug-likeness (QED) is 0.899. The van der Waals surface area contributed by atoms with Gasteiger partial charge in [0.15, 0.2) is 0 Å². The van der Waals surface area contributed by atoms with E-state index in [0.717, 1.165) is 38.3 Å². The molecule has 2 fully saturated rings. The van der Waals surface area contributed by atoms with E-state index in [0.29, 0.717) is 23.1 Å². The number of halogens is 2. The highest BCUT2D eigenvalue weighted by Crippen LogP contribution is 2.26. The molecule has 1 atom stereocenters. The number of pyridine rings is 1. The number of piperazine rings is 1. The number of nitrogens with one attached hydrogen (secondary N) is 1. The third kappa shape index (κ3) is 3.25. The molecule has 0 spiro atoms. The highest BCUT2D eigenvalue weighted by atomic mass is 35.5. The minimum atomic E-state index is 0.00814. The van der Waals surface area contributed by atoms with Crippen LogP contribution < -0.4 is 10.2 Å². The van der Waals surface area contributed by atoms with Crippen LogP contribution in [0.1, 0.15) is 12.8 Å². The van der Waals surface area contributed by atoms with Gasteiger partial charge in [0.1, 0.15) is 5.82 Å². The monoisotopic (exact) mass is 328 g/mol. The molecule has 1 aromatic rings. The van der Waals surface area contributed by atoms with Gasteiger partial charge in [0.2, 0.25) is 5.91 Å². The predicted molar refractivity (Wildman–Crippen MR) is 84.1 cm³/mol. The third-order valence-electron chi connectivity index (χ3n) is 4.04. The smallest absolute Gasteiger partial charge is 0.239 e. The molecule has 1 amide bonds. The van der Waals surface area contributed by atoms with Gasteiger partial charge in [-0.05, 0) is 25.5 Å². The van der Waals surface area contributed by atoms with Gasteiger partial charge in [-0.1, -0.05) is 23.2 Å². The molecule has 2 aliphatic rings. The Balaban J connectivity index is 1.60. The summed E-state index contributed by atoms with van der Waals surface area (Å²) in [5.74, 6) is 0.967. The number of nitrogens with zero attached hydrogens (tertiary/aromatic N) is 3. The first-order valence-corrected chi connectivity index (χ1v) is 7.99. The van der Waals surface area contributed by atoms with Gasteiger partial charge in [-0.2, -0.15) is 0 Å². The summed E-state index contributed by atoms with van der Waals surface area (Å²) in [4.78, 5) is 20.7. The summed E-state index contributed by atoms with van der Waals surface area (Å²) in [6.07, 6.45) is 3.63. The lowest BCUT2D eigenvalue weighted by molar-refractivity contribution is -0.133. The van der Waals surface area contributed by atoms with Crippen molar-refractivity contribution >= 4 is 34.9 Å². The van der Waals surface area contributed by atoms with Crippen LogP contribution in [-0.4, -0.2) is 54.6 Å². The molecule has 1 aromatic heterocycles. The van der Waals surface area contributed by atoms with Crippen molar-refractivity contribution in [1.82, 2.24) is 15.2 Å². The molecule has 114 valence electrons. The maximum Gasteiger partial charge on any atom is 0.239 e. The Bertz CT molecular complexity index is 526. The molecule has 2 saturated heterocycles. The van der Waals surface area contributed by atoms with Gasteiger partial charge in [0.25, 0.3) is 0 Å². The predicted octanol–water partition coefficient (Wildman–Crippen LogP) is 1.79. The van der Waals surface area contributed by atoms with Crippen molar-refractivity contribution in [2.45, 2.75) is 18.9 Å². The van der Waals surface area contributed by atoms with Crippen molar-refractivity contribution in [3.8, 4) is 0 Å². The molecule has 0 saturated carbocycles. The van der Waals surface area contributed by atoms with Crippen LogP contribution in [0.15, 0.2) is 12.3 Å². The summed E-state index contributed by atoms with van der Waals surface area (Å²) in [5, 5.41) is 4.35. The SMILES string of the molecule is O=C([C@@H]1CCCN1)N1CCN(c2ncc(Cl)cc2Cl)CC1. The zero-order chi connectivity index (χ0) is 14.8. The average molecular weight is 329 g/mol. The Morgan fingerprint density at radius 2 is 2.05 bits per heavy atom. The van der Waals surface area contributed by atoms with Crippen molar-refractivity contribution in [3.05, 3.63) is 22.3 Å². The van der Waals surface area contributed by atoms with E-state index in [1.54, 1.807) is 12.3 Å². The molecule has 5 nitrogen and oxygen atoms in total. The normalized spacial score (nSPS) is 22.7. The van der Waals surface area contributed by atoms with Gasteiger partial charge in [0, 0.05) is 32.4 Å². The van der Waals surface area contributed by atoms with Crippen LogP contribution in [0.25, 0.3) is 0 Å². The first-order chi connectivity index (χ1) is 10.1. The molecule has 3 rings (SSSR count). The summed E-state index contributed by atoms with van der Waals surface area (Å²) in [7, 11) is 0. The van der Waals surface area contributed by atoms with E-state index in [1.165, 1.54) is 0 Å². The maximum atomic E-state index is 12.3. The lowest BCUT2D eigenvalue weighted by atomic mass is 10.2. The largest absolute Gasteiger partial charge is 0.352 e. The first kappa shape index (κ1) is 14.9. The number of anilines is 1. The Labute approximate surface area is 134 Å². The van der Waals surface area contributed by atoms with Crippen LogP contribution >= 0.6 is 23.2 Å². The standard InChI is InChI=1S/C14H18Cl2N4O/c15-10-8-11(16)13(18-9-10)19-4-6-20(7-5-19)14(21)12-2-1-3-17-12/h8-9,12,17H,1-7H2/t12-/m0/s1. The number of aromatic nitrogens is 1. The van der Waals surface area contributed by atoms with Gasteiger partial charge >= 0.3 is 0 Å². The van der Waals surface area contributed by atoms with Crippen LogP contribution in [0.3, 0.4) is 0 Å². The van der Waals surface area contributed by atoms with Gasteiger partial charge in [-0.3, -0.25) is 4.79 Å². The molecule has 3 heterocycles. The number of hydrogen-bond acceptors (Lipinski definition) is 4. The fourth-order valence-electron chi connectivity index (χ4n) is 2.89. The fraction of sp³-hybridized carbons (Fsp3) is 0.571. The van der Waals surface area contributed by atoms with Gasteiger partial charge in [-0.15, -0.1) is 0 Å². The number of carbonyl (C=O) groups is 1. The van der Waals surface area contributed by atoms with E-state index in [9.17, 15) is 4.79 Å². The Morgan fingerprint density at radius 3 is 2.67 bits per heavy atom. The molecule has 7 heteroatoms. The third-order valence-corrected chi connectivity index (χ3v) is 4.52. The van der Waals surface area contributed by atoms with Crippen molar-refractivity contribution in [3.63, 3.8) is 0 Å². The Hall–Kier alpha value is -1.04. The molecule has 0 aliphatic carbocycles. The van der Waals surface area contributed by atoms with E-state index < -0.39 is 0 Å². The number of hydrogen-bond donors (Lipinski definition) is 1. The van der Waals surface area contributed by atoms with Gasteiger partial charge in [0.05, 0.1) is 16.1 Å². The summed E-state index contributed by atoms with van der Waals surface area (Å²) in [6.45, 7) is 3.84. The van der Waals surface area contributed by atoms with Crippen molar-refractivity contribution in [2.24, 2.45) is 0 Å². The van der Waals surface area contributed by atoms with Gasteiger partial charge < -0.3 is 15.1 Å². The van der Waals surface area contributed by atoms with E-state index in [2.05, 4.69) is 15.2 Å². The second kappa shape index (κ2) is 6.38. The molecule has 0 aromatic carbocycles. The Morgan fingerprint density at radius 1 is 1.29 bits per heavy atom. The minimum Gasteiger partial charge on any atom is -0.352 e. The van der Waals surface area contributed by atoms with Crippen LogP contribution in [0.5, 0.6) is 0 Å². The lowest BCUT2D eigenvalue weighted by Crippen LogP contribution is -2.53. The molecule has 2 aliphatic heterocycles. The molecule has 0 unspecified atom stereocenters. The van der Waals surface area contributed by atoms with E-state index in [4.69, 9.17) is 23.2 Å².